The third-order valence-electron chi connectivity index (χ3n) is 5.45. The molecule has 2 heterocycles. The Morgan fingerprint density at radius 1 is 1.06 bits per heavy atom. The number of halogens is 2. The smallest absolute Gasteiger partial charge is 0.254 e. The lowest BCUT2D eigenvalue weighted by Crippen LogP contribution is -2.40. The Hall–Kier alpha value is -3.13. The summed E-state index contributed by atoms with van der Waals surface area (Å²) in [6, 6.07) is 14.3. The summed E-state index contributed by atoms with van der Waals surface area (Å²) >= 11 is 12.5. The fourth-order valence-corrected chi connectivity index (χ4v) is 4.04. The second-order valence-electron chi connectivity index (χ2n) is 7.88. The molecule has 1 saturated heterocycles. The van der Waals surface area contributed by atoms with Crippen LogP contribution >= 0.6 is 23.2 Å². The minimum absolute atomic E-state index is 0.0400. The van der Waals surface area contributed by atoms with Gasteiger partial charge >= 0.3 is 0 Å². The first-order valence-electron chi connectivity index (χ1n) is 10.8. The number of carbonyl (C=O) groups excluding carboxylic acids is 2. The fraction of sp³-hybridized carbons (Fsp3) is 0.240. The van der Waals surface area contributed by atoms with Crippen molar-refractivity contribution in [3.63, 3.8) is 0 Å². The van der Waals surface area contributed by atoms with Crippen LogP contribution in [0.1, 0.15) is 27.2 Å². The van der Waals surface area contributed by atoms with Crippen LogP contribution in [0.4, 0.5) is 5.69 Å². The number of ether oxygens (including phenoxy) is 1. The largest absolute Gasteiger partial charge is 0.378 e. The van der Waals surface area contributed by atoms with E-state index in [0.717, 1.165) is 5.56 Å². The summed E-state index contributed by atoms with van der Waals surface area (Å²) in [6.45, 7) is 4.60. The number of rotatable bonds is 6. The Kier molecular flexibility index (Phi) is 7.67. The van der Waals surface area contributed by atoms with Gasteiger partial charge in [0.15, 0.2) is 0 Å². The Labute approximate surface area is 207 Å². The number of aryl methyl sites for hydroxylation is 1. The van der Waals surface area contributed by atoms with Crippen molar-refractivity contribution in [1.29, 1.82) is 0 Å². The molecule has 0 bridgehead atoms. The molecule has 176 valence electrons. The van der Waals surface area contributed by atoms with Crippen molar-refractivity contribution in [2.45, 2.75) is 13.5 Å². The SMILES string of the molecule is Cc1nn(Cc2ccc(Cl)cc2)c(Cl)c1C=CC(=O)Nc1ccc(C(=O)N2CCOCC2)cc1. The van der Waals surface area contributed by atoms with Gasteiger partial charge in [-0.1, -0.05) is 35.3 Å². The molecule has 2 aromatic carbocycles. The van der Waals surface area contributed by atoms with Crippen LogP contribution in [0, 0.1) is 6.92 Å². The van der Waals surface area contributed by atoms with Crippen LogP contribution in [0.25, 0.3) is 6.08 Å². The molecule has 34 heavy (non-hydrogen) atoms. The van der Waals surface area contributed by atoms with E-state index in [1.807, 2.05) is 31.2 Å². The highest BCUT2D eigenvalue weighted by molar-refractivity contribution is 6.31. The lowest BCUT2D eigenvalue weighted by Gasteiger charge is -2.26. The van der Waals surface area contributed by atoms with Gasteiger partial charge in [-0.25, -0.2) is 4.68 Å². The molecule has 2 amide bonds. The normalized spacial score (nSPS) is 13.9. The second-order valence-corrected chi connectivity index (χ2v) is 8.67. The highest BCUT2D eigenvalue weighted by Crippen LogP contribution is 2.23. The second kappa shape index (κ2) is 10.9. The van der Waals surface area contributed by atoms with Crippen molar-refractivity contribution in [2.24, 2.45) is 0 Å². The molecular weight excluding hydrogens is 475 g/mol. The molecular formula is C25H24Cl2N4O3. The van der Waals surface area contributed by atoms with Crippen LogP contribution in [0.3, 0.4) is 0 Å². The summed E-state index contributed by atoms with van der Waals surface area (Å²) in [5.41, 5.74) is 3.57. The molecule has 9 heteroatoms. The van der Waals surface area contributed by atoms with Crippen LogP contribution in [0.15, 0.2) is 54.6 Å². The summed E-state index contributed by atoms with van der Waals surface area (Å²) < 4.78 is 6.97. The van der Waals surface area contributed by atoms with E-state index in [1.54, 1.807) is 39.9 Å². The zero-order valence-electron chi connectivity index (χ0n) is 18.6. The Balaban J connectivity index is 1.37. The molecule has 0 radical (unpaired) electrons. The minimum atomic E-state index is -0.312. The van der Waals surface area contributed by atoms with Gasteiger partial charge in [0, 0.05) is 41.0 Å². The van der Waals surface area contributed by atoms with E-state index in [0.29, 0.717) is 65.5 Å². The number of nitrogens with zero attached hydrogens (tertiary/aromatic N) is 3. The van der Waals surface area contributed by atoms with Crippen molar-refractivity contribution in [3.05, 3.63) is 87.2 Å². The average molecular weight is 499 g/mol. The predicted octanol–water partition coefficient (Wildman–Crippen LogP) is 4.67. The first kappa shape index (κ1) is 24.0. The lowest BCUT2D eigenvalue weighted by molar-refractivity contribution is -0.111. The standard InChI is InChI=1S/C25H24Cl2N4O3/c1-17-22(24(27)31(29-17)16-18-2-6-20(26)7-3-18)10-11-23(32)28-21-8-4-19(5-9-21)25(33)30-12-14-34-15-13-30/h2-11H,12-16H2,1H3,(H,28,32). The van der Waals surface area contributed by atoms with Crippen LogP contribution in [-0.4, -0.2) is 52.8 Å². The van der Waals surface area contributed by atoms with E-state index < -0.39 is 0 Å². The van der Waals surface area contributed by atoms with E-state index in [1.165, 1.54) is 6.08 Å². The van der Waals surface area contributed by atoms with Crippen LogP contribution in [0.5, 0.6) is 0 Å². The molecule has 1 aromatic heterocycles. The number of benzene rings is 2. The van der Waals surface area contributed by atoms with E-state index >= 15 is 0 Å². The number of aromatic nitrogens is 2. The predicted molar refractivity (Wildman–Crippen MR) is 133 cm³/mol. The van der Waals surface area contributed by atoms with E-state index in [-0.39, 0.29) is 11.8 Å². The van der Waals surface area contributed by atoms with Crippen LogP contribution in [-0.2, 0) is 16.1 Å². The molecule has 0 atom stereocenters. The van der Waals surface area contributed by atoms with Gasteiger partial charge in [-0.15, -0.1) is 0 Å². The topological polar surface area (TPSA) is 76.5 Å². The van der Waals surface area contributed by atoms with Gasteiger partial charge in [0.2, 0.25) is 5.91 Å². The maximum absolute atomic E-state index is 12.5. The summed E-state index contributed by atoms with van der Waals surface area (Å²) in [5.74, 6) is -0.352. The monoisotopic (exact) mass is 498 g/mol. The highest BCUT2D eigenvalue weighted by atomic mass is 35.5. The zero-order valence-corrected chi connectivity index (χ0v) is 20.1. The van der Waals surface area contributed by atoms with Gasteiger partial charge in [-0.2, -0.15) is 5.10 Å². The van der Waals surface area contributed by atoms with Crippen molar-refractivity contribution < 1.29 is 14.3 Å². The third kappa shape index (κ3) is 5.86. The number of amides is 2. The molecule has 1 fully saturated rings. The minimum Gasteiger partial charge on any atom is -0.378 e. The number of hydrogen-bond donors (Lipinski definition) is 1. The fourth-order valence-electron chi connectivity index (χ4n) is 3.61. The average Bonchev–Trinajstić information content (AvgIpc) is 3.11. The summed E-state index contributed by atoms with van der Waals surface area (Å²) in [4.78, 5) is 26.7. The Bertz CT molecular complexity index is 1200. The molecule has 7 nitrogen and oxygen atoms in total. The van der Waals surface area contributed by atoms with Gasteiger partial charge in [-0.3, -0.25) is 9.59 Å². The molecule has 0 saturated carbocycles. The molecule has 0 unspecified atom stereocenters. The van der Waals surface area contributed by atoms with Crippen LogP contribution < -0.4 is 5.32 Å². The van der Waals surface area contributed by atoms with Gasteiger partial charge in [0.25, 0.3) is 5.91 Å². The van der Waals surface area contributed by atoms with E-state index in [9.17, 15) is 9.59 Å². The third-order valence-corrected chi connectivity index (χ3v) is 6.10. The zero-order chi connectivity index (χ0) is 24.1. The van der Waals surface area contributed by atoms with Crippen LogP contribution in [0.2, 0.25) is 10.2 Å². The lowest BCUT2D eigenvalue weighted by atomic mass is 10.1. The first-order chi connectivity index (χ1) is 16.4. The highest BCUT2D eigenvalue weighted by Gasteiger charge is 2.18. The molecule has 4 rings (SSSR count). The van der Waals surface area contributed by atoms with E-state index in [4.69, 9.17) is 27.9 Å². The molecule has 1 N–H and O–H groups in total. The summed E-state index contributed by atoms with van der Waals surface area (Å²) in [5, 5.41) is 8.39. The van der Waals surface area contributed by atoms with E-state index in [2.05, 4.69) is 10.4 Å². The summed E-state index contributed by atoms with van der Waals surface area (Å²) in [6.07, 6.45) is 3.06. The molecule has 0 aliphatic carbocycles. The van der Waals surface area contributed by atoms with Gasteiger partial charge < -0.3 is 15.0 Å². The van der Waals surface area contributed by atoms with Crippen molar-refractivity contribution >= 4 is 46.8 Å². The first-order valence-corrected chi connectivity index (χ1v) is 11.6. The Morgan fingerprint density at radius 3 is 2.41 bits per heavy atom. The van der Waals surface area contributed by atoms with Crippen molar-refractivity contribution in [1.82, 2.24) is 14.7 Å². The van der Waals surface area contributed by atoms with Crippen molar-refractivity contribution in [3.8, 4) is 0 Å². The maximum atomic E-state index is 12.5. The number of nitrogens with one attached hydrogen (secondary N) is 1. The number of morpholine rings is 1. The molecule has 1 aliphatic rings. The molecule has 0 spiro atoms. The van der Waals surface area contributed by atoms with Gasteiger partial charge in [0.1, 0.15) is 5.15 Å². The number of anilines is 1. The van der Waals surface area contributed by atoms with Gasteiger partial charge in [-0.05, 0) is 55.0 Å². The number of hydrogen-bond acceptors (Lipinski definition) is 4. The Morgan fingerprint density at radius 2 is 1.74 bits per heavy atom. The number of carbonyl (C=O) groups is 2. The molecule has 3 aromatic rings. The molecule has 1 aliphatic heterocycles. The quantitative estimate of drug-likeness (QED) is 0.501. The van der Waals surface area contributed by atoms with Crippen molar-refractivity contribution in [2.75, 3.05) is 31.6 Å². The summed E-state index contributed by atoms with van der Waals surface area (Å²) in [7, 11) is 0. The van der Waals surface area contributed by atoms with Gasteiger partial charge in [0.05, 0.1) is 25.5 Å². The maximum Gasteiger partial charge on any atom is 0.254 e.